The van der Waals surface area contributed by atoms with Crippen molar-refractivity contribution in [3.05, 3.63) is 0 Å². The quantitative estimate of drug-likeness (QED) is 0.278. The fraction of sp³-hybridized carbons (Fsp3) is 0. The highest BCUT2D eigenvalue weighted by Crippen LogP contribution is 2.39. The zero-order valence-corrected chi connectivity index (χ0v) is 3.91. The number of phosphoric acid groups is 1. The van der Waals surface area contributed by atoms with Crippen LogP contribution in [0.5, 0.6) is 0 Å². The topological polar surface area (TPSA) is 96.2 Å². The molecule has 0 rings (SSSR count). The number of hydrogen-bond acceptors (Lipinski definition) is 5. The Balaban J connectivity index is 3.61. The highest BCUT2D eigenvalue weighted by atomic mass is 31.2. The molecule has 7 heavy (non-hydrogen) atoms. The van der Waals surface area contributed by atoms with E-state index in [-0.39, 0.29) is 0 Å². The van der Waals surface area contributed by atoms with Gasteiger partial charge in [0.1, 0.15) is 0 Å². The molecule has 0 spiro atoms. The summed E-state index contributed by atoms with van der Waals surface area (Å²) in [6, 6.07) is 0. The van der Waals surface area contributed by atoms with Crippen LogP contribution in [0.4, 0.5) is 0 Å². The second kappa shape index (κ2) is 2.37. The van der Waals surface area contributed by atoms with E-state index in [1.165, 1.54) is 0 Å². The lowest BCUT2D eigenvalue weighted by molar-refractivity contribution is -0.224. The van der Waals surface area contributed by atoms with Crippen LogP contribution >= 0.6 is 7.82 Å². The van der Waals surface area contributed by atoms with E-state index in [1.807, 2.05) is 0 Å². The Bertz CT molecular complexity index is 76.2. The first-order valence-corrected chi connectivity index (χ1v) is 2.61. The van der Waals surface area contributed by atoms with Crippen LogP contribution in [0.2, 0.25) is 0 Å². The Morgan fingerprint density at radius 2 is 1.57 bits per heavy atom. The van der Waals surface area contributed by atoms with E-state index in [2.05, 4.69) is 9.35 Å². The molecule has 44 valence electrons. The summed E-state index contributed by atoms with van der Waals surface area (Å²) in [4.78, 5) is 7.74. The molecule has 0 aromatic heterocycles. The number of hydrogen-bond donors (Lipinski definition) is 3. The van der Waals surface area contributed by atoms with Gasteiger partial charge in [0.05, 0.1) is 0 Å². The first kappa shape index (κ1) is 7.03. The summed E-state index contributed by atoms with van der Waals surface area (Å²) < 4.78 is 15.0. The van der Waals surface area contributed by atoms with Gasteiger partial charge < -0.3 is 0 Å². The van der Waals surface area contributed by atoms with Gasteiger partial charge in [-0.05, 0) is 0 Å². The van der Waals surface area contributed by atoms with Crippen LogP contribution in [-0.4, -0.2) is 15.4 Å². The number of rotatable bonds is 2. The summed E-state index contributed by atoms with van der Waals surface area (Å²) in [5.74, 6) is 0. The molecule has 0 radical (unpaired) electrons. The Morgan fingerprint density at radius 3 is 1.57 bits per heavy atom. The Hall–Kier alpha value is 0.0300. The molecule has 0 saturated heterocycles. The molecule has 0 bridgehead atoms. The predicted molar refractivity (Wildman–Crippen MR) is 17.3 cm³/mol. The van der Waals surface area contributed by atoms with Crippen LogP contribution < -0.4 is 0 Å². The smallest absolute Gasteiger partial charge is 0.299 e. The van der Waals surface area contributed by atoms with Crippen LogP contribution in [0.25, 0.3) is 0 Å². The maximum Gasteiger partial charge on any atom is 0.526 e. The third-order valence-electron chi connectivity index (χ3n) is 0.206. The van der Waals surface area contributed by atoms with Gasteiger partial charge in [0, 0.05) is 0 Å². The van der Waals surface area contributed by atoms with Crippen LogP contribution in [-0.2, 0) is 13.9 Å². The molecule has 0 atom stereocenters. The van der Waals surface area contributed by atoms with Gasteiger partial charge in [-0.15, -0.1) is 9.35 Å². The molecule has 0 heterocycles. The van der Waals surface area contributed by atoms with E-state index < -0.39 is 7.82 Å². The summed E-state index contributed by atoms with van der Waals surface area (Å²) in [5, 5.41) is 14.6. The maximum absolute atomic E-state index is 9.56. The van der Waals surface area contributed by atoms with Gasteiger partial charge in [0.25, 0.3) is 0 Å². The first-order chi connectivity index (χ1) is 3.12. The summed E-state index contributed by atoms with van der Waals surface area (Å²) in [6.45, 7) is 0. The Kier molecular flexibility index (Phi) is 2.38. The van der Waals surface area contributed by atoms with Gasteiger partial charge in [-0.2, -0.15) is 0 Å². The molecule has 0 aromatic rings. The molecular weight excluding hydrogens is 127 g/mol. The molecule has 0 aliphatic carbocycles. The van der Waals surface area contributed by atoms with E-state index >= 15 is 0 Å². The van der Waals surface area contributed by atoms with E-state index in [0.717, 1.165) is 0 Å². The third-order valence-corrected chi connectivity index (χ3v) is 0.619. The molecular formula is H3O6P. The molecule has 7 heteroatoms. The van der Waals surface area contributed by atoms with Crippen molar-refractivity contribution in [2.24, 2.45) is 0 Å². The summed E-state index contributed by atoms with van der Waals surface area (Å²) >= 11 is 0. The van der Waals surface area contributed by atoms with Gasteiger partial charge in [0.2, 0.25) is 0 Å². The van der Waals surface area contributed by atoms with Crippen molar-refractivity contribution in [1.82, 2.24) is 0 Å². The lowest BCUT2D eigenvalue weighted by atomic mass is 14.9. The van der Waals surface area contributed by atoms with Crippen molar-refractivity contribution >= 4 is 7.82 Å². The van der Waals surface area contributed by atoms with Gasteiger partial charge >= 0.3 is 7.82 Å². The van der Waals surface area contributed by atoms with Crippen LogP contribution in [0.3, 0.4) is 0 Å². The van der Waals surface area contributed by atoms with Gasteiger partial charge in [-0.3, -0.25) is 4.89 Å². The molecule has 0 amide bonds. The minimum atomic E-state index is -4.54. The standard InChI is InChI=1S/H3O6P/c1-5-7(3,4)6-2/h1-2H,(H,3,4). The summed E-state index contributed by atoms with van der Waals surface area (Å²) in [6.07, 6.45) is 0. The van der Waals surface area contributed by atoms with Crippen molar-refractivity contribution in [2.75, 3.05) is 0 Å². The fourth-order valence-electron chi connectivity index (χ4n) is 0.0149. The highest BCUT2D eigenvalue weighted by molar-refractivity contribution is 7.47. The maximum atomic E-state index is 9.56. The van der Waals surface area contributed by atoms with Crippen LogP contribution in [0, 0.1) is 0 Å². The fourth-order valence-corrected chi connectivity index (χ4v) is 0.0447. The molecule has 0 saturated carbocycles. The van der Waals surface area contributed by atoms with Crippen molar-refractivity contribution in [1.29, 1.82) is 0 Å². The van der Waals surface area contributed by atoms with E-state index in [4.69, 9.17) is 15.4 Å². The molecule has 3 N–H and O–H groups in total. The first-order valence-electron chi connectivity index (χ1n) is 1.11. The molecule has 0 aromatic carbocycles. The minimum absolute atomic E-state index is 2.73. The lowest BCUT2D eigenvalue weighted by Crippen LogP contribution is -1.84. The Morgan fingerprint density at radius 1 is 1.29 bits per heavy atom. The zero-order valence-electron chi connectivity index (χ0n) is 3.01. The van der Waals surface area contributed by atoms with Gasteiger partial charge in [-0.25, -0.2) is 15.1 Å². The second-order valence-electron chi connectivity index (χ2n) is 0.632. The summed E-state index contributed by atoms with van der Waals surface area (Å²) in [5.41, 5.74) is 0. The lowest BCUT2D eigenvalue weighted by Gasteiger charge is -1.96. The van der Waals surface area contributed by atoms with Crippen molar-refractivity contribution in [3.63, 3.8) is 0 Å². The summed E-state index contributed by atoms with van der Waals surface area (Å²) in [7, 11) is -4.54. The largest absolute Gasteiger partial charge is 0.526 e. The minimum Gasteiger partial charge on any atom is -0.299 e. The van der Waals surface area contributed by atoms with Crippen molar-refractivity contribution in [2.45, 2.75) is 0 Å². The molecule has 0 aliphatic heterocycles. The van der Waals surface area contributed by atoms with Crippen molar-refractivity contribution < 1.29 is 29.3 Å². The van der Waals surface area contributed by atoms with Crippen molar-refractivity contribution in [3.8, 4) is 0 Å². The molecule has 6 nitrogen and oxygen atoms in total. The van der Waals surface area contributed by atoms with Gasteiger partial charge in [0.15, 0.2) is 0 Å². The molecule has 0 fully saturated rings. The Labute approximate surface area is 38.4 Å². The normalized spacial score (nSPS) is 11.9. The predicted octanol–water partition coefficient (Wildman–Crippen LogP) is 0.0660. The third kappa shape index (κ3) is 2.69. The average molecular weight is 130 g/mol. The molecule has 0 unspecified atom stereocenters. The van der Waals surface area contributed by atoms with Crippen LogP contribution in [0.1, 0.15) is 0 Å². The average Bonchev–Trinajstić information content (AvgIpc) is 1.68. The van der Waals surface area contributed by atoms with E-state index in [9.17, 15) is 4.57 Å². The zero-order chi connectivity index (χ0) is 5.91. The van der Waals surface area contributed by atoms with Gasteiger partial charge in [-0.1, -0.05) is 0 Å². The molecule has 0 aliphatic rings. The van der Waals surface area contributed by atoms with Crippen LogP contribution in [0.15, 0.2) is 0 Å². The SMILES string of the molecule is O=P(O)(OO)OO. The monoisotopic (exact) mass is 130 g/mol. The van der Waals surface area contributed by atoms with E-state index in [1.54, 1.807) is 0 Å². The van der Waals surface area contributed by atoms with E-state index in [0.29, 0.717) is 0 Å². The highest BCUT2D eigenvalue weighted by Gasteiger charge is 2.19. The second-order valence-corrected chi connectivity index (χ2v) is 1.90.